The van der Waals surface area contributed by atoms with E-state index in [0.29, 0.717) is 18.2 Å². The summed E-state index contributed by atoms with van der Waals surface area (Å²) in [5.41, 5.74) is 9.67. The van der Waals surface area contributed by atoms with Crippen LogP contribution in [0.1, 0.15) is 53.1 Å². The zero-order valence-electron chi connectivity index (χ0n) is 12.0. The van der Waals surface area contributed by atoms with Crippen LogP contribution in [0, 0.1) is 0 Å². The molecule has 6 nitrogen and oxygen atoms in total. The summed E-state index contributed by atoms with van der Waals surface area (Å²) in [6.45, 7) is 2.45. The Bertz CT molecular complexity index is 660. The minimum absolute atomic E-state index is 0.261. The van der Waals surface area contributed by atoms with E-state index in [4.69, 9.17) is 5.73 Å². The maximum atomic E-state index is 12.2. The van der Waals surface area contributed by atoms with E-state index in [1.54, 1.807) is 6.20 Å². The molecule has 6 heteroatoms. The summed E-state index contributed by atoms with van der Waals surface area (Å²) in [6.07, 6.45) is 4.84. The van der Waals surface area contributed by atoms with Gasteiger partial charge in [-0.15, -0.1) is 0 Å². The van der Waals surface area contributed by atoms with Crippen LogP contribution < -0.4 is 11.1 Å². The lowest BCUT2D eigenvalue weighted by Crippen LogP contribution is -2.25. The summed E-state index contributed by atoms with van der Waals surface area (Å²) in [7, 11) is 0. The van der Waals surface area contributed by atoms with E-state index in [9.17, 15) is 4.79 Å². The molecule has 2 aromatic heterocycles. The highest BCUT2D eigenvalue weighted by Gasteiger charge is 2.30. The number of nitrogens with two attached hydrogens (primary N) is 1. The van der Waals surface area contributed by atoms with Crippen LogP contribution in [0.2, 0.25) is 0 Å². The number of amides is 1. The van der Waals surface area contributed by atoms with Gasteiger partial charge in [0.1, 0.15) is 0 Å². The van der Waals surface area contributed by atoms with Crippen LogP contribution in [-0.4, -0.2) is 21.1 Å². The zero-order chi connectivity index (χ0) is 14.8. The molecule has 1 aliphatic rings. The molecule has 2 heterocycles. The molecular weight excluding hydrogens is 266 g/mol. The Hall–Kier alpha value is -2.37. The van der Waals surface area contributed by atoms with Crippen LogP contribution in [0.3, 0.4) is 0 Å². The number of nitrogens with zero attached hydrogens (tertiary/aromatic N) is 2. The lowest BCUT2D eigenvalue weighted by molar-refractivity contribution is 0.0946. The number of nitrogen functional groups attached to an aromatic ring is 1. The van der Waals surface area contributed by atoms with Gasteiger partial charge in [-0.25, -0.2) is 0 Å². The Kier molecular flexibility index (Phi) is 3.60. The highest BCUT2D eigenvalue weighted by Crippen LogP contribution is 2.42. The van der Waals surface area contributed by atoms with Crippen LogP contribution in [0.15, 0.2) is 18.3 Å². The van der Waals surface area contributed by atoms with Crippen molar-refractivity contribution in [3.8, 4) is 0 Å². The Morgan fingerprint density at radius 3 is 3.05 bits per heavy atom. The minimum Gasteiger partial charge on any atom is -0.395 e. The van der Waals surface area contributed by atoms with Crippen molar-refractivity contribution in [3.05, 3.63) is 41.0 Å². The standard InChI is InChI=1S/C15H19N5O/c1-2-9-4-3-7-17-11(9)8-18-15(21)14-12(16)13(19-20-14)10-5-6-10/h3-4,7,10H,2,5-6,8,16H2,1H3,(H,18,21)(H,19,20). The van der Waals surface area contributed by atoms with E-state index in [-0.39, 0.29) is 11.6 Å². The Labute approximate surface area is 123 Å². The molecule has 4 N–H and O–H groups in total. The van der Waals surface area contributed by atoms with E-state index in [0.717, 1.165) is 36.2 Å². The van der Waals surface area contributed by atoms with Crippen molar-refractivity contribution in [2.45, 2.75) is 38.6 Å². The van der Waals surface area contributed by atoms with Gasteiger partial charge in [0.05, 0.1) is 23.6 Å². The van der Waals surface area contributed by atoms with Crippen molar-refractivity contribution in [2.75, 3.05) is 5.73 Å². The summed E-state index contributed by atoms with van der Waals surface area (Å²) >= 11 is 0. The average Bonchev–Trinajstić information content (AvgIpc) is 3.28. The van der Waals surface area contributed by atoms with Gasteiger partial charge >= 0.3 is 0 Å². The molecule has 1 aliphatic carbocycles. The molecule has 0 spiro atoms. The van der Waals surface area contributed by atoms with Gasteiger partial charge in [0, 0.05) is 12.1 Å². The van der Waals surface area contributed by atoms with E-state index < -0.39 is 0 Å². The molecule has 0 unspecified atom stereocenters. The monoisotopic (exact) mass is 285 g/mol. The normalized spacial score (nSPS) is 14.1. The molecule has 1 fully saturated rings. The fraction of sp³-hybridized carbons (Fsp3) is 0.400. The molecule has 0 bridgehead atoms. The first-order chi connectivity index (χ1) is 10.2. The number of aromatic amines is 1. The Morgan fingerprint density at radius 1 is 1.52 bits per heavy atom. The fourth-order valence-corrected chi connectivity index (χ4v) is 2.42. The van der Waals surface area contributed by atoms with Crippen LogP contribution in [-0.2, 0) is 13.0 Å². The number of H-pyrrole nitrogens is 1. The SMILES string of the molecule is CCc1cccnc1CNC(=O)c1n[nH]c(C2CC2)c1N. The largest absolute Gasteiger partial charge is 0.395 e. The number of anilines is 1. The summed E-state index contributed by atoms with van der Waals surface area (Å²) in [6, 6.07) is 3.92. The smallest absolute Gasteiger partial charge is 0.274 e. The summed E-state index contributed by atoms with van der Waals surface area (Å²) < 4.78 is 0. The molecule has 3 rings (SSSR count). The van der Waals surface area contributed by atoms with Crippen molar-refractivity contribution in [1.82, 2.24) is 20.5 Å². The molecule has 0 aromatic carbocycles. The third-order valence-corrected chi connectivity index (χ3v) is 3.82. The van der Waals surface area contributed by atoms with Gasteiger partial charge in [0.25, 0.3) is 5.91 Å². The molecule has 1 saturated carbocycles. The van der Waals surface area contributed by atoms with E-state index >= 15 is 0 Å². The van der Waals surface area contributed by atoms with Crippen LogP contribution in [0.5, 0.6) is 0 Å². The molecule has 21 heavy (non-hydrogen) atoms. The number of carbonyl (C=O) groups is 1. The molecular formula is C15H19N5O. The highest BCUT2D eigenvalue weighted by molar-refractivity contribution is 5.97. The first kappa shape index (κ1) is 13.6. The topological polar surface area (TPSA) is 96.7 Å². The predicted octanol–water partition coefficient (Wildman–Crippen LogP) is 1.76. The lowest BCUT2D eigenvalue weighted by atomic mass is 10.1. The second-order valence-corrected chi connectivity index (χ2v) is 5.32. The number of hydrogen-bond acceptors (Lipinski definition) is 4. The molecule has 0 aliphatic heterocycles. The fourth-order valence-electron chi connectivity index (χ4n) is 2.42. The van der Waals surface area contributed by atoms with Gasteiger partial charge in [0.2, 0.25) is 0 Å². The third kappa shape index (κ3) is 2.74. The van der Waals surface area contributed by atoms with Gasteiger partial charge in [0.15, 0.2) is 5.69 Å². The molecule has 0 atom stereocenters. The van der Waals surface area contributed by atoms with Crippen molar-refractivity contribution < 1.29 is 4.79 Å². The molecule has 0 saturated heterocycles. The summed E-state index contributed by atoms with van der Waals surface area (Å²) in [5, 5.41) is 9.78. The summed E-state index contributed by atoms with van der Waals surface area (Å²) in [5.74, 6) is 0.185. The number of aromatic nitrogens is 3. The van der Waals surface area contributed by atoms with Crippen molar-refractivity contribution in [1.29, 1.82) is 0 Å². The molecule has 0 radical (unpaired) electrons. The Balaban J connectivity index is 1.69. The quantitative estimate of drug-likeness (QED) is 0.779. The number of hydrogen-bond donors (Lipinski definition) is 3. The second-order valence-electron chi connectivity index (χ2n) is 5.32. The first-order valence-electron chi connectivity index (χ1n) is 7.25. The van der Waals surface area contributed by atoms with Crippen LogP contribution >= 0.6 is 0 Å². The second kappa shape index (κ2) is 5.55. The third-order valence-electron chi connectivity index (χ3n) is 3.82. The van der Waals surface area contributed by atoms with Crippen molar-refractivity contribution >= 4 is 11.6 Å². The number of aryl methyl sites for hydroxylation is 1. The van der Waals surface area contributed by atoms with Gasteiger partial charge in [-0.1, -0.05) is 13.0 Å². The van der Waals surface area contributed by atoms with Gasteiger partial charge in [-0.2, -0.15) is 5.10 Å². The van der Waals surface area contributed by atoms with Crippen LogP contribution in [0.4, 0.5) is 5.69 Å². The number of pyridine rings is 1. The Morgan fingerprint density at radius 2 is 2.33 bits per heavy atom. The van der Waals surface area contributed by atoms with Gasteiger partial charge in [-0.3, -0.25) is 14.9 Å². The summed E-state index contributed by atoms with van der Waals surface area (Å²) in [4.78, 5) is 16.5. The van der Waals surface area contributed by atoms with Crippen molar-refractivity contribution in [2.24, 2.45) is 0 Å². The lowest BCUT2D eigenvalue weighted by Gasteiger charge is -2.07. The van der Waals surface area contributed by atoms with Crippen LogP contribution in [0.25, 0.3) is 0 Å². The minimum atomic E-state index is -0.261. The van der Waals surface area contributed by atoms with E-state index in [1.807, 2.05) is 12.1 Å². The van der Waals surface area contributed by atoms with E-state index in [1.165, 1.54) is 0 Å². The molecule has 1 amide bonds. The van der Waals surface area contributed by atoms with Crippen molar-refractivity contribution in [3.63, 3.8) is 0 Å². The van der Waals surface area contributed by atoms with Gasteiger partial charge in [-0.05, 0) is 30.9 Å². The number of rotatable bonds is 5. The van der Waals surface area contributed by atoms with Gasteiger partial charge < -0.3 is 11.1 Å². The average molecular weight is 285 g/mol. The van der Waals surface area contributed by atoms with E-state index in [2.05, 4.69) is 27.4 Å². The number of carbonyl (C=O) groups excluding carboxylic acids is 1. The predicted molar refractivity (Wildman–Crippen MR) is 79.8 cm³/mol. The highest BCUT2D eigenvalue weighted by atomic mass is 16.1. The molecule has 2 aromatic rings. The zero-order valence-corrected chi connectivity index (χ0v) is 12.0. The maximum absolute atomic E-state index is 12.2. The number of nitrogens with one attached hydrogen (secondary N) is 2. The first-order valence-corrected chi connectivity index (χ1v) is 7.25. The molecule has 110 valence electrons. The maximum Gasteiger partial charge on any atom is 0.274 e.